The predicted octanol–water partition coefficient (Wildman–Crippen LogP) is 1.97. The highest BCUT2D eigenvalue weighted by Crippen LogP contribution is 2.35. The minimum absolute atomic E-state index is 0.319. The molecule has 0 atom stereocenters. The van der Waals surface area contributed by atoms with Gasteiger partial charge in [-0.15, -0.1) is 0 Å². The van der Waals surface area contributed by atoms with E-state index >= 15 is 0 Å². The number of hydrogen-bond acceptors (Lipinski definition) is 4. The van der Waals surface area contributed by atoms with E-state index in [0.29, 0.717) is 6.61 Å². The summed E-state index contributed by atoms with van der Waals surface area (Å²) in [5, 5.41) is 0. The van der Waals surface area contributed by atoms with Gasteiger partial charge in [-0.3, -0.25) is 0 Å². The summed E-state index contributed by atoms with van der Waals surface area (Å²) in [4.78, 5) is 9.25. The van der Waals surface area contributed by atoms with Crippen molar-refractivity contribution in [1.82, 2.24) is 0 Å². The predicted molar refractivity (Wildman–Crippen MR) is 58.7 cm³/mol. The van der Waals surface area contributed by atoms with Crippen LogP contribution in [0.25, 0.3) is 0 Å². The highest BCUT2D eigenvalue weighted by Gasteiger charge is 2.37. The molecule has 0 amide bonds. The molecular formula is C12H18O4. The number of hydrogen-bond donors (Lipinski definition) is 0. The molecule has 90 valence electrons. The molecule has 0 aromatic heterocycles. The van der Waals surface area contributed by atoms with Crippen molar-refractivity contribution in [2.24, 2.45) is 0 Å². The van der Waals surface area contributed by atoms with Crippen molar-refractivity contribution in [3.63, 3.8) is 0 Å². The highest BCUT2D eigenvalue weighted by molar-refractivity contribution is 5.22. The Morgan fingerprint density at radius 1 is 1.44 bits per heavy atom. The molecule has 1 saturated heterocycles. The van der Waals surface area contributed by atoms with E-state index in [1.807, 2.05) is 6.08 Å². The van der Waals surface area contributed by atoms with Gasteiger partial charge in [-0.2, -0.15) is 0 Å². The first-order chi connectivity index (χ1) is 7.85. The van der Waals surface area contributed by atoms with Crippen LogP contribution < -0.4 is 0 Å². The highest BCUT2D eigenvalue weighted by atomic mass is 17.2. The van der Waals surface area contributed by atoms with Crippen molar-refractivity contribution in [2.75, 3.05) is 26.9 Å². The Labute approximate surface area is 95.7 Å². The molecule has 1 spiro atoms. The van der Waals surface area contributed by atoms with Gasteiger partial charge in [-0.1, -0.05) is 23.8 Å². The van der Waals surface area contributed by atoms with Gasteiger partial charge >= 0.3 is 0 Å². The van der Waals surface area contributed by atoms with Crippen LogP contribution in [0.5, 0.6) is 0 Å². The van der Waals surface area contributed by atoms with Crippen LogP contribution in [0, 0.1) is 0 Å². The van der Waals surface area contributed by atoms with Gasteiger partial charge in [0.15, 0.2) is 5.79 Å². The van der Waals surface area contributed by atoms with E-state index in [2.05, 4.69) is 17.0 Å². The molecule has 2 rings (SSSR count). The normalized spacial score (nSPS) is 24.2. The van der Waals surface area contributed by atoms with Crippen LogP contribution >= 0.6 is 0 Å². The van der Waals surface area contributed by atoms with Crippen molar-refractivity contribution in [3.05, 3.63) is 23.8 Å². The van der Waals surface area contributed by atoms with Crippen molar-refractivity contribution in [3.8, 4) is 0 Å². The molecule has 1 fully saturated rings. The summed E-state index contributed by atoms with van der Waals surface area (Å²) in [6.07, 6.45) is 8.97. The van der Waals surface area contributed by atoms with E-state index in [1.54, 1.807) is 0 Å². The molecule has 1 aliphatic heterocycles. The van der Waals surface area contributed by atoms with E-state index in [1.165, 1.54) is 12.7 Å². The summed E-state index contributed by atoms with van der Waals surface area (Å²) in [7, 11) is 1.51. The summed E-state index contributed by atoms with van der Waals surface area (Å²) in [5.41, 5.74) is 1.31. The third kappa shape index (κ3) is 2.92. The molecule has 1 aliphatic carbocycles. The molecule has 0 radical (unpaired) electrons. The zero-order valence-corrected chi connectivity index (χ0v) is 9.61. The van der Waals surface area contributed by atoms with Crippen molar-refractivity contribution in [2.45, 2.75) is 25.0 Å². The summed E-state index contributed by atoms with van der Waals surface area (Å²) in [5.74, 6) is -0.319. The zero-order chi connectivity index (χ0) is 11.3. The minimum atomic E-state index is -0.319. The lowest BCUT2D eigenvalue weighted by Crippen LogP contribution is -2.31. The van der Waals surface area contributed by atoms with Crippen LogP contribution in [0.3, 0.4) is 0 Å². The first kappa shape index (κ1) is 11.8. The number of allylic oxidation sites excluding steroid dienone is 2. The molecule has 1 heterocycles. The fourth-order valence-corrected chi connectivity index (χ4v) is 2.04. The zero-order valence-electron chi connectivity index (χ0n) is 9.61. The van der Waals surface area contributed by atoms with E-state index in [0.717, 1.165) is 32.5 Å². The van der Waals surface area contributed by atoms with Crippen molar-refractivity contribution >= 4 is 0 Å². The Balaban J connectivity index is 1.81. The van der Waals surface area contributed by atoms with Gasteiger partial charge in [0, 0.05) is 12.8 Å². The number of ether oxygens (including phenoxy) is 2. The molecule has 0 unspecified atom stereocenters. The monoisotopic (exact) mass is 226 g/mol. The molecule has 2 aliphatic rings. The second kappa shape index (κ2) is 5.59. The van der Waals surface area contributed by atoms with Gasteiger partial charge < -0.3 is 9.47 Å². The molecule has 0 N–H and O–H groups in total. The SMILES string of the molecule is COOC/C=C/C1=CCC2(CC1)OCCO2. The van der Waals surface area contributed by atoms with Crippen molar-refractivity contribution < 1.29 is 19.2 Å². The Bertz CT molecular complexity index is 277. The van der Waals surface area contributed by atoms with E-state index in [9.17, 15) is 0 Å². The summed E-state index contributed by atoms with van der Waals surface area (Å²) in [6.45, 7) is 1.92. The Kier molecular flexibility index (Phi) is 4.12. The second-order valence-electron chi connectivity index (χ2n) is 3.94. The standard InChI is InChI=1S/C12H18O4/c1-13-16-8-2-3-11-4-6-12(7-5-11)14-9-10-15-12/h2-4H,5-10H2,1H3/b3-2+. The Morgan fingerprint density at radius 3 is 2.88 bits per heavy atom. The molecule has 0 aromatic carbocycles. The molecular weight excluding hydrogens is 208 g/mol. The van der Waals surface area contributed by atoms with Crippen molar-refractivity contribution in [1.29, 1.82) is 0 Å². The fourth-order valence-electron chi connectivity index (χ4n) is 2.04. The largest absolute Gasteiger partial charge is 0.347 e. The second-order valence-corrected chi connectivity index (χ2v) is 3.94. The molecule has 16 heavy (non-hydrogen) atoms. The topological polar surface area (TPSA) is 36.9 Å². The van der Waals surface area contributed by atoms with Crippen LogP contribution in [0.4, 0.5) is 0 Å². The quantitative estimate of drug-likeness (QED) is 0.417. The van der Waals surface area contributed by atoms with Gasteiger partial charge in [0.1, 0.15) is 6.61 Å². The van der Waals surface area contributed by atoms with Gasteiger partial charge in [0.05, 0.1) is 20.3 Å². The van der Waals surface area contributed by atoms with Crippen LogP contribution in [-0.2, 0) is 19.2 Å². The van der Waals surface area contributed by atoms with Crippen LogP contribution in [-0.4, -0.2) is 32.7 Å². The lowest BCUT2D eigenvalue weighted by molar-refractivity contribution is -0.263. The maximum Gasteiger partial charge on any atom is 0.172 e. The third-order valence-electron chi connectivity index (χ3n) is 2.90. The first-order valence-corrected chi connectivity index (χ1v) is 5.64. The van der Waals surface area contributed by atoms with Gasteiger partial charge in [0.2, 0.25) is 0 Å². The first-order valence-electron chi connectivity index (χ1n) is 5.64. The third-order valence-corrected chi connectivity index (χ3v) is 2.90. The molecule has 0 bridgehead atoms. The lowest BCUT2D eigenvalue weighted by atomic mass is 9.94. The van der Waals surface area contributed by atoms with Gasteiger partial charge in [-0.05, 0) is 6.42 Å². The van der Waals surface area contributed by atoms with Crippen LogP contribution in [0.15, 0.2) is 23.8 Å². The maximum atomic E-state index is 5.64. The average molecular weight is 226 g/mol. The molecule has 4 nitrogen and oxygen atoms in total. The lowest BCUT2D eigenvalue weighted by Gasteiger charge is -2.29. The van der Waals surface area contributed by atoms with E-state index in [-0.39, 0.29) is 5.79 Å². The summed E-state index contributed by atoms with van der Waals surface area (Å²) >= 11 is 0. The van der Waals surface area contributed by atoms with E-state index in [4.69, 9.17) is 14.4 Å². The smallest absolute Gasteiger partial charge is 0.172 e. The maximum absolute atomic E-state index is 5.64. The van der Waals surface area contributed by atoms with Crippen LogP contribution in [0.2, 0.25) is 0 Å². The minimum Gasteiger partial charge on any atom is -0.347 e. The molecule has 0 saturated carbocycles. The summed E-state index contributed by atoms with van der Waals surface area (Å²) < 4.78 is 11.3. The van der Waals surface area contributed by atoms with E-state index < -0.39 is 0 Å². The average Bonchev–Trinajstić information content (AvgIpc) is 2.76. The van der Waals surface area contributed by atoms with Crippen LogP contribution in [0.1, 0.15) is 19.3 Å². The summed E-state index contributed by atoms with van der Waals surface area (Å²) in [6, 6.07) is 0. The fraction of sp³-hybridized carbons (Fsp3) is 0.667. The Morgan fingerprint density at radius 2 is 2.25 bits per heavy atom. The number of rotatable bonds is 4. The van der Waals surface area contributed by atoms with Gasteiger partial charge in [0.25, 0.3) is 0 Å². The Hall–Kier alpha value is -0.680. The molecule has 0 aromatic rings. The van der Waals surface area contributed by atoms with Gasteiger partial charge in [-0.25, -0.2) is 9.78 Å². The molecule has 4 heteroatoms.